The van der Waals surface area contributed by atoms with Crippen LogP contribution in [0.25, 0.3) is 0 Å². The van der Waals surface area contributed by atoms with Crippen LogP contribution < -0.4 is 0 Å². The molecule has 4 heteroatoms. The van der Waals surface area contributed by atoms with Crippen LogP contribution >= 0.6 is 0 Å². The third kappa shape index (κ3) is 2.05. The van der Waals surface area contributed by atoms with Crippen molar-refractivity contribution in [3.8, 4) is 0 Å². The second-order valence-electron chi connectivity index (χ2n) is 4.06. The summed E-state index contributed by atoms with van der Waals surface area (Å²) in [5.41, 5.74) is -0.739. The fourth-order valence-corrected chi connectivity index (χ4v) is 1.90. The van der Waals surface area contributed by atoms with Crippen LogP contribution in [-0.2, 0) is 14.3 Å². The van der Waals surface area contributed by atoms with E-state index >= 15 is 0 Å². The monoisotopic (exact) mass is 200 g/mol. The summed E-state index contributed by atoms with van der Waals surface area (Å²) in [5, 5.41) is 8.95. The third-order valence-electron chi connectivity index (χ3n) is 2.88. The number of aliphatic carboxylic acids is 1. The minimum Gasteiger partial charge on any atom is -0.481 e. The van der Waals surface area contributed by atoms with Gasteiger partial charge >= 0.3 is 11.9 Å². The summed E-state index contributed by atoms with van der Waals surface area (Å²) in [6.07, 6.45) is 1.59. The Bertz CT molecular complexity index is 249. The average molecular weight is 200 g/mol. The molecule has 14 heavy (non-hydrogen) atoms. The van der Waals surface area contributed by atoms with Crippen molar-refractivity contribution >= 4 is 11.9 Å². The number of esters is 1. The molecule has 1 aliphatic rings. The van der Waals surface area contributed by atoms with Crippen LogP contribution in [0, 0.1) is 11.3 Å². The molecular weight excluding hydrogens is 184 g/mol. The molecule has 0 heterocycles. The van der Waals surface area contributed by atoms with Crippen LogP contribution in [0.4, 0.5) is 0 Å². The number of rotatable bonds is 3. The van der Waals surface area contributed by atoms with Crippen molar-refractivity contribution in [2.75, 3.05) is 6.61 Å². The summed E-state index contributed by atoms with van der Waals surface area (Å²) in [6.45, 7) is 3.80. The molecule has 0 aromatic carbocycles. The van der Waals surface area contributed by atoms with Crippen LogP contribution in [0.1, 0.15) is 33.1 Å². The molecule has 4 nitrogen and oxygen atoms in total. The summed E-state index contributed by atoms with van der Waals surface area (Å²) in [6, 6.07) is 0. The van der Waals surface area contributed by atoms with E-state index < -0.39 is 11.4 Å². The molecule has 0 radical (unpaired) electrons. The molecule has 80 valence electrons. The SMILES string of the molecule is CCOC(=O)[C@@H]1CC[C@](C)(C(=O)O)C1. The van der Waals surface area contributed by atoms with Crippen LogP contribution in [0.15, 0.2) is 0 Å². The Hall–Kier alpha value is -1.06. The van der Waals surface area contributed by atoms with E-state index in [1.807, 2.05) is 0 Å². The van der Waals surface area contributed by atoms with Gasteiger partial charge in [0.25, 0.3) is 0 Å². The predicted octanol–water partition coefficient (Wildman–Crippen LogP) is 1.44. The van der Waals surface area contributed by atoms with Gasteiger partial charge in [-0.15, -0.1) is 0 Å². The number of hydrogen-bond donors (Lipinski definition) is 1. The molecule has 0 aromatic heterocycles. The Balaban J connectivity index is 2.56. The lowest BCUT2D eigenvalue weighted by Gasteiger charge is -2.17. The van der Waals surface area contributed by atoms with Crippen LogP contribution in [0.2, 0.25) is 0 Å². The van der Waals surface area contributed by atoms with Crippen molar-refractivity contribution < 1.29 is 19.4 Å². The molecule has 1 aliphatic carbocycles. The highest BCUT2D eigenvalue weighted by atomic mass is 16.5. The summed E-state index contributed by atoms with van der Waals surface area (Å²) < 4.78 is 4.87. The Morgan fingerprint density at radius 1 is 1.57 bits per heavy atom. The normalized spacial score (nSPS) is 31.4. The van der Waals surface area contributed by atoms with E-state index in [0.717, 1.165) is 0 Å². The zero-order valence-corrected chi connectivity index (χ0v) is 8.58. The highest BCUT2D eigenvalue weighted by Gasteiger charge is 2.44. The standard InChI is InChI=1S/C10H16O4/c1-3-14-8(11)7-4-5-10(2,6-7)9(12)13/h7H,3-6H2,1-2H3,(H,12,13)/t7-,10+/m1/s1. The summed E-state index contributed by atoms with van der Waals surface area (Å²) in [7, 11) is 0. The molecule has 1 saturated carbocycles. The van der Waals surface area contributed by atoms with Gasteiger partial charge in [-0.2, -0.15) is 0 Å². The van der Waals surface area contributed by atoms with Crippen LogP contribution in [-0.4, -0.2) is 23.7 Å². The Morgan fingerprint density at radius 2 is 2.21 bits per heavy atom. The van der Waals surface area contributed by atoms with E-state index in [9.17, 15) is 9.59 Å². The third-order valence-corrected chi connectivity index (χ3v) is 2.88. The first-order valence-corrected chi connectivity index (χ1v) is 4.89. The van der Waals surface area contributed by atoms with E-state index in [4.69, 9.17) is 9.84 Å². The summed E-state index contributed by atoms with van der Waals surface area (Å²) in [4.78, 5) is 22.2. The molecule has 0 spiro atoms. The van der Waals surface area contributed by atoms with E-state index in [-0.39, 0.29) is 11.9 Å². The van der Waals surface area contributed by atoms with Gasteiger partial charge in [-0.25, -0.2) is 0 Å². The number of carbonyl (C=O) groups is 2. The zero-order chi connectivity index (χ0) is 10.8. The van der Waals surface area contributed by atoms with Gasteiger partial charge < -0.3 is 9.84 Å². The Morgan fingerprint density at radius 3 is 2.64 bits per heavy atom. The molecule has 0 saturated heterocycles. The van der Waals surface area contributed by atoms with Crippen LogP contribution in [0.3, 0.4) is 0 Å². The number of ether oxygens (including phenoxy) is 1. The number of hydrogen-bond acceptors (Lipinski definition) is 3. The van der Waals surface area contributed by atoms with Gasteiger partial charge in [-0.1, -0.05) is 0 Å². The van der Waals surface area contributed by atoms with Gasteiger partial charge in [-0.05, 0) is 33.1 Å². The topological polar surface area (TPSA) is 63.6 Å². The second-order valence-corrected chi connectivity index (χ2v) is 4.06. The van der Waals surface area contributed by atoms with Gasteiger partial charge in [0.05, 0.1) is 17.9 Å². The van der Waals surface area contributed by atoms with Crippen molar-refractivity contribution in [2.45, 2.75) is 33.1 Å². The van der Waals surface area contributed by atoms with Gasteiger partial charge in [0.2, 0.25) is 0 Å². The highest BCUT2D eigenvalue weighted by molar-refractivity contribution is 5.78. The van der Waals surface area contributed by atoms with Crippen molar-refractivity contribution in [3.63, 3.8) is 0 Å². The van der Waals surface area contributed by atoms with Gasteiger partial charge in [0.1, 0.15) is 0 Å². The number of carboxylic acid groups (broad SMARTS) is 1. The molecule has 0 aliphatic heterocycles. The Labute approximate surface area is 83.2 Å². The fraction of sp³-hybridized carbons (Fsp3) is 0.800. The minimum atomic E-state index is -0.815. The predicted molar refractivity (Wildman–Crippen MR) is 49.7 cm³/mol. The molecule has 0 bridgehead atoms. The molecule has 0 aromatic rings. The lowest BCUT2D eigenvalue weighted by Crippen LogP contribution is -2.25. The van der Waals surface area contributed by atoms with Crippen molar-refractivity contribution in [2.24, 2.45) is 11.3 Å². The maximum atomic E-state index is 11.3. The van der Waals surface area contributed by atoms with Crippen molar-refractivity contribution in [1.82, 2.24) is 0 Å². The molecule has 1 rings (SSSR count). The first kappa shape index (κ1) is 11.0. The van der Waals surface area contributed by atoms with Gasteiger partial charge in [-0.3, -0.25) is 9.59 Å². The highest BCUT2D eigenvalue weighted by Crippen LogP contribution is 2.42. The molecule has 1 N–H and O–H groups in total. The zero-order valence-electron chi connectivity index (χ0n) is 8.58. The fourth-order valence-electron chi connectivity index (χ4n) is 1.90. The van der Waals surface area contributed by atoms with E-state index in [1.54, 1.807) is 13.8 Å². The summed E-state index contributed by atoms with van der Waals surface area (Å²) in [5.74, 6) is -1.29. The molecular formula is C10H16O4. The van der Waals surface area contributed by atoms with E-state index in [0.29, 0.717) is 25.9 Å². The first-order valence-electron chi connectivity index (χ1n) is 4.89. The Kier molecular flexibility index (Phi) is 3.13. The van der Waals surface area contributed by atoms with E-state index in [1.165, 1.54) is 0 Å². The summed E-state index contributed by atoms with van der Waals surface area (Å²) >= 11 is 0. The molecule has 0 unspecified atom stereocenters. The van der Waals surface area contributed by atoms with Crippen molar-refractivity contribution in [3.05, 3.63) is 0 Å². The lowest BCUT2D eigenvalue weighted by molar-refractivity contribution is -0.150. The second kappa shape index (κ2) is 3.98. The number of carboxylic acids is 1. The molecule has 2 atom stereocenters. The van der Waals surface area contributed by atoms with Gasteiger partial charge in [0, 0.05) is 0 Å². The largest absolute Gasteiger partial charge is 0.481 e. The maximum Gasteiger partial charge on any atom is 0.309 e. The quantitative estimate of drug-likeness (QED) is 0.700. The van der Waals surface area contributed by atoms with Crippen molar-refractivity contribution in [1.29, 1.82) is 0 Å². The lowest BCUT2D eigenvalue weighted by atomic mass is 9.88. The minimum absolute atomic E-state index is 0.226. The maximum absolute atomic E-state index is 11.3. The smallest absolute Gasteiger partial charge is 0.309 e. The first-order chi connectivity index (χ1) is 6.49. The molecule has 0 amide bonds. The van der Waals surface area contributed by atoms with E-state index in [2.05, 4.69) is 0 Å². The molecule has 1 fully saturated rings. The van der Waals surface area contributed by atoms with Crippen LogP contribution in [0.5, 0.6) is 0 Å². The number of carbonyl (C=O) groups excluding carboxylic acids is 1. The average Bonchev–Trinajstić information content (AvgIpc) is 2.50. The van der Waals surface area contributed by atoms with Gasteiger partial charge in [0.15, 0.2) is 0 Å².